The summed E-state index contributed by atoms with van der Waals surface area (Å²) in [6, 6.07) is 7.96. The molecule has 1 aromatic carbocycles. The number of aryl methyl sites for hydroxylation is 2. The first kappa shape index (κ1) is 21.5. The molecular formula is C22H30F2N4O. The minimum absolute atomic E-state index is 0.267. The van der Waals surface area contributed by atoms with E-state index in [-0.39, 0.29) is 5.75 Å². The molecule has 0 atom stereocenters. The van der Waals surface area contributed by atoms with Gasteiger partial charge in [0, 0.05) is 45.5 Å². The number of ether oxygens (including phenoxy) is 1. The molecule has 7 heteroatoms. The fraction of sp³-hybridized carbons (Fsp3) is 0.500. The molecule has 0 saturated carbocycles. The number of benzene rings is 1. The predicted octanol–water partition coefficient (Wildman–Crippen LogP) is 3.73. The number of aromatic nitrogens is 1. The van der Waals surface area contributed by atoms with Crippen molar-refractivity contribution < 1.29 is 13.5 Å². The van der Waals surface area contributed by atoms with Crippen LogP contribution in [0.15, 0.2) is 30.5 Å². The molecule has 0 unspecified atom stereocenters. The maximum absolute atomic E-state index is 12.5. The van der Waals surface area contributed by atoms with Gasteiger partial charge in [0.2, 0.25) is 0 Å². The Kier molecular flexibility index (Phi) is 7.39. The Morgan fingerprint density at radius 1 is 1.03 bits per heavy atom. The zero-order valence-corrected chi connectivity index (χ0v) is 17.4. The summed E-state index contributed by atoms with van der Waals surface area (Å²) in [4.78, 5) is 9.41. The van der Waals surface area contributed by atoms with Gasteiger partial charge in [-0.3, -0.25) is 0 Å². The number of alkyl halides is 2. The molecule has 2 aromatic rings. The third-order valence-corrected chi connectivity index (χ3v) is 5.34. The van der Waals surface area contributed by atoms with E-state index in [0.29, 0.717) is 13.1 Å². The lowest BCUT2D eigenvalue weighted by atomic mass is 10.1. The lowest BCUT2D eigenvalue weighted by Gasteiger charge is -2.34. The van der Waals surface area contributed by atoms with E-state index >= 15 is 0 Å². The van der Waals surface area contributed by atoms with E-state index in [2.05, 4.69) is 43.9 Å². The molecule has 3 rings (SSSR count). The molecule has 5 nitrogen and oxygen atoms in total. The number of halogens is 2. The SMILES string of the molecule is CCN1CCN(c2ccc(CNCc3cc(C)c(OC(F)F)c(C)c3)cn2)CC1. The summed E-state index contributed by atoms with van der Waals surface area (Å²) in [6.07, 6.45) is 1.92. The van der Waals surface area contributed by atoms with Crippen LogP contribution < -0.4 is 15.0 Å². The number of pyridine rings is 1. The van der Waals surface area contributed by atoms with Crippen LogP contribution in [0.3, 0.4) is 0 Å². The Morgan fingerprint density at radius 2 is 1.69 bits per heavy atom. The highest BCUT2D eigenvalue weighted by atomic mass is 19.3. The minimum Gasteiger partial charge on any atom is -0.434 e. The fourth-order valence-electron chi connectivity index (χ4n) is 3.77. The number of anilines is 1. The number of rotatable bonds is 8. The van der Waals surface area contributed by atoms with Crippen LogP contribution in [0.25, 0.3) is 0 Å². The number of nitrogens with zero attached hydrogens (tertiary/aromatic N) is 3. The van der Waals surface area contributed by atoms with Crippen LogP contribution in [0.5, 0.6) is 5.75 Å². The van der Waals surface area contributed by atoms with Crippen molar-refractivity contribution in [2.45, 2.75) is 40.5 Å². The number of hydrogen-bond acceptors (Lipinski definition) is 5. The molecule has 29 heavy (non-hydrogen) atoms. The normalized spacial score (nSPS) is 15.2. The summed E-state index contributed by atoms with van der Waals surface area (Å²) in [7, 11) is 0. The molecule has 0 radical (unpaired) electrons. The molecule has 1 N–H and O–H groups in total. The van der Waals surface area contributed by atoms with Crippen molar-refractivity contribution >= 4 is 5.82 Å². The molecule has 1 aliphatic rings. The summed E-state index contributed by atoms with van der Waals surface area (Å²) in [5.74, 6) is 1.30. The largest absolute Gasteiger partial charge is 0.434 e. The quantitative estimate of drug-likeness (QED) is 0.726. The first-order chi connectivity index (χ1) is 14.0. The van der Waals surface area contributed by atoms with Crippen molar-refractivity contribution in [3.8, 4) is 5.75 Å². The van der Waals surface area contributed by atoms with Crippen molar-refractivity contribution in [3.05, 3.63) is 52.7 Å². The monoisotopic (exact) mass is 404 g/mol. The van der Waals surface area contributed by atoms with Gasteiger partial charge in [-0.2, -0.15) is 8.78 Å². The van der Waals surface area contributed by atoms with Gasteiger partial charge >= 0.3 is 6.61 Å². The summed E-state index contributed by atoms with van der Waals surface area (Å²) < 4.78 is 29.6. The predicted molar refractivity (Wildman–Crippen MR) is 112 cm³/mol. The van der Waals surface area contributed by atoms with E-state index in [4.69, 9.17) is 0 Å². The van der Waals surface area contributed by atoms with Gasteiger partial charge in [-0.05, 0) is 48.7 Å². The fourth-order valence-corrected chi connectivity index (χ4v) is 3.77. The minimum atomic E-state index is -2.80. The van der Waals surface area contributed by atoms with Gasteiger partial charge in [0.05, 0.1) is 0 Å². The number of hydrogen-bond donors (Lipinski definition) is 1. The molecule has 0 bridgehead atoms. The smallest absolute Gasteiger partial charge is 0.387 e. The van der Waals surface area contributed by atoms with Gasteiger partial charge in [-0.25, -0.2) is 4.98 Å². The van der Waals surface area contributed by atoms with Crippen LogP contribution in [0, 0.1) is 13.8 Å². The van der Waals surface area contributed by atoms with Crippen molar-refractivity contribution in [1.82, 2.24) is 15.2 Å². The van der Waals surface area contributed by atoms with Crippen molar-refractivity contribution in [2.75, 3.05) is 37.6 Å². The van der Waals surface area contributed by atoms with Crippen molar-refractivity contribution in [3.63, 3.8) is 0 Å². The first-order valence-electron chi connectivity index (χ1n) is 10.1. The summed E-state index contributed by atoms with van der Waals surface area (Å²) in [5.41, 5.74) is 3.60. The highest BCUT2D eigenvalue weighted by Gasteiger charge is 2.16. The zero-order valence-electron chi connectivity index (χ0n) is 17.4. The van der Waals surface area contributed by atoms with E-state index in [1.54, 1.807) is 13.8 Å². The Morgan fingerprint density at radius 3 is 2.24 bits per heavy atom. The van der Waals surface area contributed by atoms with E-state index in [1.807, 2.05) is 18.3 Å². The second-order valence-corrected chi connectivity index (χ2v) is 7.49. The summed E-state index contributed by atoms with van der Waals surface area (Å²) in [6.45, 7) is 9.63. The molecule has 0 aliphatic carbocycles. The molecule has 0 spiro atoms. The number of likely N-dealkylation sites (N-methyl/N-ethyl adjacent to an activating group) is 1. The van der Waals surface area contributed by atoms with Gasteiger partial charge in [0.15, 0.2) is 0 Å². The topological polar surface area (TPSA) is 40.6 Å². The standard InChI is InChI=1S/C22H30F2N4O/c1-4-27-7-9-28(10-8-27)20-6-5-18(15-26-20)13-25-14-19-11-16(2)21(17(3)12-19)29-22(23)24/h5-6,11-12,15,22,25H,4,7-10,13-14H2,1-3H3. The van der Waals surface area contributed by atoms with Crippen LogP contribution in [0.1, 0.15) is 29.2 Å². The van der Waals surface area contributed by atoms with Gasteiger partial charge < -0.3 is 19.9 Å². The van der Waals surface area contributed by atoms with Crippen LogP contribution in [0.4, 0.5) is 14.6 Å². The molecule has 1 saturated heterocycles. The Hall–Kier alpha value is -2.25. The van der Waals surface area contributed by atoms with Crippen molar-refractivity contribution in [1.29, 1.82) is 0 Å². The molecule has 2 heterocycles. The second kappa shape index (κ2) is 9.98. The summed E-state index contributed by atoms with van der Waals surface area (Å²) >= 11 is 0. The second-order valence-electron chi connectivity index (χ2n) is 7.49. The summed E-state index contributed by atoms with van der Waals surface area (Å²) in [5, 5.41) is 3.40. The van der Waals surface area contributed by atoms with Crippen LogP contribution in [-0.4, -0.2) is 49.2 Å². The maximum atomic E-state index is 12.5. The molecule has 1 aliphatic heterocycles. The molecule has 1 fully saturated rings. The number of piperazine rings is 1. The van der Waals surface area contributed by atoms with Gasteiger partial charge in [-0.1, -0.05) is 25.1 Å². The maximum Gasteiger partial charge on any atom is 0.387 e. The molecular weight excluding hydrogens is 374 g/mol. The average molecular weight is 405 g/mol. The Balaban J connectivity index is 1.51. The molecule has 0 amide bonds. The zero-order chi connectivity index (χ0) is 20.8. The third kappa shape index (κ3) is 5.87. The van der Waals surface area contributed by atoms with Crippen LogP contribution >= 0.6 is 0 Å². The van der Waals surface area contributed by atoms with E-state index in [1.165, 1.54) is 0 Å². The average Bonchev–Trinajstić information content (AvgIpc) is 2.71. The van der Waals surface area contributed by atoms with Crippen molar-refractivity contribution in [2.24, 2.45) is 0 Å². The van der Waals surface area contributed by atoms with E-state index in [0.717, 1.165) is 60.8 Å². The third-order valence-electron chi connectivity index (χ3n) is 5.34. The van der Waals surface area contributed by atoms with Gasteiger partial charge in [0.1, 0.15) is 11.6 Å². The van der Waals surface area contributed by atoms with Crippen LogP contribution in [-0.2, 0) is 13.1 Å². The molecule has 158 valence electrons. The lowest BCUT2D eigenvalue weighted by Crippen LogP contribution is -2.46. The van der Waals surface area contributed by atoms with E-state index < -0.39 is 6.61 Å². The van der Waals surface area contributed by atoms with Gasteiger partial charge in [-0.15, -0.1) is 0 Å². The highest BCUT2D eigenvalue weighted by Crippen LogP contribution is 2.26. The Bertz CT molecular complexity index is 767. The van der Waals surface area contributed by atoms with Crippen LogP contribution in [0.2, 0.25) is 0 Å². The molecule has 1 aromatic heterocycles. The lowest BCUT2D eigenvalue weighted by molar-refractivity contribution is -0.0507. The van der Waals surface area contributed by atoms with E-state index in [9.17, 15) is 8.78 Å². The first-order valence-corrected chi connectivity index (χ1v) is 10.1. The van der Waals surface area contributed by atoms with Gasteiger partial charge in [0.25, 0.3) is 0 Å². The highest BCUT2D eigenvalue weighted by molar-refractivity contribution is 5.43. The Labute approximate surface area is 171 Å². The number of nitrogens with one attached hydrogen (secondary N) is 1.